The van der Waals surface area contributed by atoms with E-state index in [4.69, 9.17) is 4.74 Å². The third-order valence-electron chi connectivity index (χ3n) is 3.64. The normalized spacial score (nSPS) is 17.0. The van der Waals surface area contributed by atoms with Gasteiger partial charge in [-0.3, -0.25) is 4.79 Å². The molecule has 2 aromatic carbocycles. The standard InChI is InChI=1S/C19H19N3O2S/c1-22(2)15-9-7-13(8-10-15)11-17-18(23)21-19(25-17)20-14-5-4-6-16(12-14)24-3/h4-12H,1-3H3,(H,20,21,23)/b17-11-. The quantitative estimate of drug-likeness (QED) is 0.853. The number of amides is 1. The molecule has 1 saturated heterocycles. The van der Waals surface area contributed by atoms with E-state index in [1.807, 2.05) is 73.6 Å². The van der Waals surface area contributed by atoms with Crippen molar-refractivity contribution in [1.29, 1.82) is 0 Å². The Hall–Kier alpha value is -2.73. The van der Waals surface area contributed by atoms with Crippen molar-refractivity contribution >= 4 is 40.3 Å². The fourth-order valence-electron chi connectivity index (χ4n) is 2.30. The number of anilines is 1. The number of rotatable bonds is 4. The predicted molar refractivity (Wildman–Crippen MR) is 105 cm³/mol. The highest BCUT2D eigenvalue weighted by molar-refractivity contribution is 8.18. The number of benzene rings is 2. The van der Waals surface area contributed by atoms with Crippen LogP contribution in [0.25, 0.3) is 6.08 Å². The lowest BCUT2D eigenvalue weighted by Gasteiger charge is -2.11. The number of nitrogens with zero attached hydrogens (tertiary/aromatic N) is 2. The Morgan fingerprint density at radius 3 is 2.60 bits per heavy atom. The number of hydrogen-bond acceptors (Lipinski definition) is 5. The van der Waals surface area contributed by atoms with Crippen LogP contribution in [0.15, 0.2) is 58.4 Å². The Morgan fingerprint density at radius 2 is 1.92 bits per heavy atom. The predicted octanol–water partition coefficient (Wildman–Crippen LogP) is 3.65. The average molecular weight is 353 g/mol. The molecule has 1 amide bonds. The van der Waals surface area contributed by atoms with Crippen LogP contribution >= 0.6 is 11.8 Å². The zero-order valence-electron chi connectivity index (χ0n) is 14.3. The number of thioether (sulfide) groups is 1. The summed E-state index contributed by atoms with van der Waals surface area (Å²) in [7, 11) is 5.60. The summed E-state index contributed by atoms with van der Waals surface area (Å²) in [6.45, 7) is 0. The van der Waals surface area contributed by atoms with E-state index in [0.29, 0.717) is 10.1 Å². The summed E-state index contributed by atoms with van der Waals surface area (Å²) in [6.07, 6.45) is 1.87. The molecule has 5 nitrogen and oxygen atoms in total. The minimum absolute atomic E-state index is 0.136. The van der Waals surface area contributed by atoms with Crippen molar-refractivity contribution < 1.29 is 9.53 Å². The molecule has 1 aliphatic heterocycles. The van der Waals surface area contributed by atoms with Crippen LogP contribution in [0.3, 0.4) is 0 Å². The maximum absolute atomic E-state index is 12.2. The van der Waals surface area contributed by atoms with Crippen molar-refractivity contribution in [3.63, 3.8) is 0 Å². The molecular weight excluding hydrogens is 334 g/mol. The zero-order valence-corrected chi connectivity index (χ0v) is 15.1. The van der Waals surface area contributed by atoms with Gasteiger partial charge in [-0.25, -0.2) is 4.99 Å². The molecule has 1 heterocycles. The number of amidine groups is 1. The fourth-order valence-corrected chi connectivity index (χ4v) is 3.14. The molecule has 25 heavy (non-hydrogen) atoms. The van der Waals surface area contributed by atoms with Crippen LogP contribution in [-0.2, 0) is 4.79 Å². The second-order valence-electron chi connectivity index (χ2n) is 5.67. The third kappa shape index (κ3) is 4.22. The minimum atomic E-state index is -0.136. The Morgan fingerprint density at radius 1 is 1.16 bits per heavy atom. The molecule has 0 bridgehead atoms. The zero-order chi connectivity index (χ0) is 17.8. The molecule has 2 aromatic rings. The number of nitrogens with one attached hydrogen (secondary N) is 1. The van der Waals surface area contributed by atoms with E-state index in [1.165, 1.54) is 11.8 Å². The van der Waals surface area contributed by atoms with E-state index < -0.39 is 0 Å². The summed E-state index contributed by atoms with van der Waals surface area (Å²) in [5.41, 5.74) is 2.83. The summed E-state index contributed by atoms with van der Waals surface area (Å²) in [5, 5.41) is 3.36. The van der Waals surface area contributed by atoms with Crippen LogP contribution < -0.4 is 15.0 Å². The van der Waals surface area contributed by atoms with Crippen LogP contribution in [0.5, 0.6) is 5.75 Å². The molecule has 0 aliphatic carbocycles. The number of carbonyl (C=O) groups excluding carboxylic acids is 1. The summed E-state index contributed by atoms with van der Waals surface area (Å²) >= 11 is 1.33. The molecule has 0 aromatic heterocycles. The lowest BCUT2D eigenvalue weighted by atomic mass is 10.2. The van der Waals surface area contributed by atoms with Crippen molar-refractivity contribution in [2.45, 2.75) is 0 Å². The first-order valence-corrected chi connectivity index (χ1v) is 8.58. The number of hydrogen-bond donors (Lipinski definition) is 1. The Kier molecular flexibility index (Phi) is 5.09. The van der Waals surface area contributed by atoms with E-state index >= 15 is 0 Å². The molecule has 1 fully saturated rings. The van der Waals surface area contributed by atoms with E-state index in [1.54, 1.807) is 7.11 Å². The monoisotopic (exact) mass is 353 g/mol. The van der Waals surface area contributed by atoms with Crippen LogP contribution in [0.4, 0.5) is 11.4 Å². The topological polar surface area (TPSA) is 53.9 Å². The fraction of sp³-hybridized carbons (Fsp3) is 0.158. The van der Waals surface area contributed by atoms with Crippen molar-refractivity contribution in [2.24, 2.45) is 4.99 Å². The van der Waals surface area contributed by atoms with Crippen LogP contribution in [0.2, 0.25) is 0 Å². The summed E-state index contributed by atoms with van der Waals surface area (Å²) < 4.78 is 5.19. The van der Waals surface area contributed by atoms with Gasteiger partial charge in [0, 0.05) is 25.8 Å². The molecule has 0 radical (unpaired) electrons. The first-order valence-electron chi connectivity index (χ1n) is 7.76. The molecule has 6 heteroatoms. The SMILES string of the molecule is COc1cccc(N=C2NC(=O)/C(=C/c3ccc(N(C)C)cc3)S2)c1. The first kappa shape index (κ1) is 17.1. The lowest BCUT2D eigenvalue weighted by molar-refractivity contribution is -0.115. The number of ether oxygens (including phenoxy) is 1. The maximum atomic E-state index is 12.2. The largest absolute Gasteiger partial charge is 0.497 e. The summed E-state index contributed by atoms with van der Waals surface area (Å²) in [5.74, 6) is 0.594. The average Bonchev–Trinajstić information content (AvgIpc) is 2.94. The lowest BCUT2D eigenvalue weighted by Crippen LogP contribution is -2.19. The van der Waals surface area contributed by atoms with Crippen LogP contribution in [-0.4, -0.2) is 32.3 Å². The van der Waals surface area contributed by atoms with E-state index in [0.717, 1.165) is 22.7 Å². The van der Waals surface area contributed by atoms with Gasteiger partial charge in [-0.05, 0) is 47.7 Å². The third-order valence-corrected chi connectivity index (χ3v) is 4.55. The van der Waals surface area contributed by atoms with Crippen LogP contribution in [0.1, 0.15) is 5.56 Å². The number of methoxy groups -OCH3 is 1. The van der Waals surface area contributed by atoms with E-state index in [2.05, 4.69) is 10.3 Å². The molecule has 0 spiro atoms. The van der Waals surface area contributed by atoms with Gasteiger partial charge in [-0.15, -0.1) is 0 Å². The molecule has 0 unspecified atom stereocenters. The highest BCUT2D eigenvalue weighted by Crippen LogP contribution is 2.29. The van der Waals surface area contributed by atoms with Crippen molar-refractivity contribution in [3.05, 3.63) is 59.0 Å². The minimum Gasteiger partial charge on any atom is -0.497 e. The maximum Gasteiger partial charge on any atom is 0.264 e. The second-order valence-corrected chi connectivity index (χ2v) is 6.70. The summed E-state index contributed by atoms with van der Waals surface area (Å²) in [6, 6.07) is 15.4. The van der Waals surface area contributed by atoms with Crippen molar-refractivity contribution in [2.75, 3.05) is 26.1 Å². The Balaban J connectivity index is 1.78. The molecule has 0 atom stereocenters. The molecule has 128 valence electrons. The first-order chi connectivity index (χ1) is 12.0. The van der Waals surface area contributed by atoms with E-state index in [9.17, 15) is 4.79 Å². The molecular formula is C19H19N3O2S. The Labute approximate surface area is 151 Å². The molecule has 1 aliphatic rings. The van der Waals surface area contributed by atoms with Crippen LogP contribution in [0, 0.1) is 0 Å². The Bertz CT molecular complexity index is 842. The van der Waals surface area contributed by atoms with Gasteiger partial charge in [0.1, 0.15) is 5.75 Å². The van der Waals surface area contributed by atoms with Gasteiger partial charge in [0.25, 0.3) is 5.91 Å². The molecule has 1 N–H and O–H groups in total. The highest BCUT2D eigenvalue weighted by Gasteiger charge is 2.23. The van der Waals surface area contributed by atoms with Gasteiger partial charge < -0.3 is 15.0 Å². The van der Waals surface area contributed by atoms with Gasteiger partial charge in [0.2, 0.25) is 0 Å². The number of carbonyl (C=O) groups is 1. The smallest absolute Gasteiger partial charge is 0.264 e. The van der Waals surface area contributed by atoms with E-state index in [-0.39, 0.29) is 5.91 Å². The van der Waals surface area contributed by atoms with Gasteiger partial charge >= 0.3 is 0 Å². The van der Waals surface area contributed by atoms with Gasteiger partial charge in [0.05, 0.1) is 17.7 Å². The summed E-state index contributed by atoms with van der Waals surface area (Å²) in [4.78, 5) is 19.3. The van der Waals surface area contributed by atoms with Crippen molar-refractivity contribution in [1.82, 2.24) is 5.32 Å². The van der Waals surface area contributed by atoms with Gasteiger partial charge in [-0.2, -0.15) is 0 Å². The number of aliphatic imine (C=N–C) groups is 1. The van der Waals surface area contributed by atoms with Crippen molar-refractivity contribution in [3.8, 4) is 5.75 Å². The molecule has 3 rings (SSSR count). The molecule has 0 saturated carbocycles. The highest BCUT2D eigenvalue weighted by atomic mass is 32.2. The van der Waals surface area contributed by atoms with Gasteiger partial charge in [0.15, 0.2) is 5.17 Å². The van der Waals surface area contributed by atoms with Gasteiger partial charge in [-0.1, -0.05) is 18.2 Å². The second kappa shape index (κ2) is 7.44.